The molecule has 0 spiro atoms. The molecule has 1 saturated carbocycles. The third kappa shape index (κ3) is 1.63. The zero-order valence-electron chi connectivity index (χ0n) is 7.14. The third-order valence-electron chi connectivity index (χ3n) is 1.84. The van der Waals surface area contributed by atoms with Crippen molar-refractivity contribution in [3.8, 4) is 5.75 Å². The van der Waals surface area contributed by atoms with Gasteiger partial charge in [0.2, 0.25) is 5.82 Å². The van der Waals surface area contributed by atoms with Gasteiger partial charge in [-0.05, 0) is 12.8 Å². The molecule has 0 amide bonds. The lowest BCUT2D eigenvalue weighted by Crippen LogP contribution is -2.01. The van der Waals surface area contributed by atoms with Crippen molar-refractivity contribution in [2.75, 3.05) is 0 Å². The van der Waals surface area contributed by atoms with E-state index in [0.717, 1.165) is 25.2 Å². The molecular weight excluding hydrogens is 191 g/mol. The summed E-state index contributed by atoms with van der Waals surface area (Å²) in [5, 5.41) is 10.3. The highest BCUT2D eigenvalue weighted by Gasteiger charge is 2.27. The largest absolute Gasteiger partial charge is 0.485 e. The monoisotopic (exact) mass is 198 g/mol. The topological polar surface area (TPSA) is 65.3 Å². The quantitative estimate of drug-likeness (QED) is 0.547. The zero-order chi connectivity index (χ0) is 10.1. The Balaban J connectivity index is 2.30. The Labute approximate surface area is 78.7 Å². The maximum atomic E-state index is 13.3. The molecule has 0 bridgehead atoms. The van der Waals surface area contributed by atoms with Crippen molar-refractivity contribution in [1.29, 1.82) is 0 Å². The van der Waals surface area contributed by atoms with Crippen LogP contribution in [0.25, 0.3) is 0 Å². The number of nitrogens with zero attached hydrogens (tertiary/aromatic N) is 2. The summed E-state index contributed by atoms with van der Waals surface area (Å²) in [6.07, 6.45) is 3.74. The highest BCUT2D eigenvalue weighted by atomic mass is 19.1. The minimum Gasteiger partial charge on any atom is -0.485 e. The standard InChI is InChI=1S/C8H7FN2O3/c9-8-6(11(12)13)3-10-4-7(8)14-5-1-2-5/h3-5H,1-2H2. The van der Waals surface area contributed by atoms with Crippen molar-refractivity contribution < 1.29 is 14.1 Å². The number of ether oxygens (including phenoxy) is 1. The lowest BCUT2D eigenvalue weighted by Gasteiger charge is -2.03. The average Bonchev–Trinajstić information content (AvgIpc) is 2.92. The Morgan fingerprint density at radius 3 is 2.86 bits per heavy atom. The van der Waals surface area contributed by atoms with Crippen LogP contribution in [0.1, 0.15) is 12.8 Å². The first kappa shape index (κ1) is 8.86. The van der Waals surface area contributed by atoms with E-state index in [1.165, 1.54) is 0 Å². The van der Waals surface area contributed by atoms with Gasteiger partial charge in [-0.1, -0.05) is 0 Å². The smallest absolute Gasteiger partial charge is 0.326 e. The van der Waals surface area contributed by atoms with Gasteiger partial charge in [0.05, 0.1) is 17.2 Å². The van der Waals surface area contributed by atoms with E-state index in [2.05, 4.69) is 4.98 Å². The molecular formula is C8H7FN2O3. The molecule has 0 radical (unpaired) electrons. The summed E-state index contributed by atoms with van der Waals surface area (Å²) in [4.78, 5) is 13.1. The second-order valence-electron chi connectivity index (χ2n) is 3.05. The fourth-order valence-corrected chi connectivity index (χ4v) is 0.990. The third-order valence-corrected chi connectivity index (χ3v) is 1.84. The van der Waals surface area contributed by atoms with Gasteiger partial charge in [0, 0.05) is 0 Å². The van der Waals surface area contributed by atoms with Gasteiger partial charge in [0.15, 0.2) is 5.75 Å². The fraction of sp³-hybridized carbons (Fsp3) is 0.375. The van der Waals surface area contributed by atoms with Crippen LogP contribution in [-0.2, 0) is 0 Å². The van der Waals surface area contributed by atoms with Gasteiger partial charge in [0.1, 0.15) is 6.20 Å². The van der Waals surface area contributed by atoms with Crippen LogP contribution < -0.4 is 4.74 Å². The van der Waals surface area contributed by atoms with Crippen molar-refractivity contribution in [1.82, 2.24) is 4.98 Å². The van der Waals surface area contributed by atoms with Gasteiger partial charge in [-0.2, -0.15) is 4.39 Å². The molecule has 0 saturated heterocycles. The molecule has 1 heterocycles. The fourth-order valence-electron chi connectivity index (χ4n) is 0.990. The van der Waals surface area contributed by atoms with Crippen LogP contribution in [0, 0.1) is 15.9 Å². The summed E-state index contributed by atoms with van der Waals surface area (Å²) in [5.74, 6) is -1.08. The van der Waals surface area contributed by atoms with Gasteiger partial charge in [-0.25, -0.2) is 0 Å². The van der Waals surface area contributed by atoms with E-state index in [-0.39, 0.29) is 11.9 Å². The molecule has 1 fully saturated rings. The molecule has 1 aliphatic carbocycles. The molecule has 0 unspecified atom stereocenters. The van der Waals surface area contributed by atoms with Crippen molar-refractivity contribution in [2.45, 2.75) is 18.9 Å². The van der Waals surface area contributed by atoms with Crippen molar-refractivity contribution in [2.24, 2.45) is 0 Å². The normalized spacial score (nSPS) is 15.2. The molecule has 1 aliphatic rings. The van der Waals surface area contributed by atoms with E-state index >= 15 is 0 Å². The molecule has 0 aromatic carbocycles. The second-order valence-corrected chi connectivity index (χ2v) is 3.05. The second kappa shape index (κ2) is 3.21. The number of rotatable bonds is 3. The highest BCUT2D eigenvalue weighted by Crippen LogP contribution is 2.31. The first-order valence-corrected chi connectivity index (χ1v) is 4.13. The van der Waals surface area contributed by atoms with E-state index in [9.17, 15) is 14.5 Å². The van der Waals surface area contributed by atoms with Crippen LogP contribution in [0.5, 0.6) is 5.75 Å². The zero-order valence-corrected chi connectivity index (χ0v) is 7.14. The van der Waals surface area contributed by atoms with Gasteiger partial charge < -0.3 is 4.74 Å². The molecule has 0 aliphatic heterocycles. The Morgan fingerprint density at radius 1 is 1.57 bits per heavy atom. The molecule has 2 rings (SSSR count). The number of halogens is 1. The minimum absolute atomic E-state index is 0.00620. The summed E-state index contributed by atoms with van der Waals surface area (Å²) in [5.41, 5.74) is -0.650. The lowest BCUT2D eigenvalue weighted by molar-refractivity contribution is -0.388. The minimum atomic E-state index is -0.947. The molecule has 0 N–H and O–H groups in total. The van der Waals surface area contributed by atoms with E-state index in [1.54, 1.807) is 0 Å². The molecule has 0 atom stereocenters. The van der Waals surface area contributed by atoms with Gasteiger partial charge in [-0.15, -0.1) is 0 Å². The number of nitro groups is 1. The van der Waals surface area contributed by atoms with Crippen LogP contribution >= 0.6 is 0 Å². The summed E-state index contributed by atoms with van der Waals surface area (Å²) < 4.78 is 18.4. The molecule has 14 heavy (non-hydrogen) atoms. The van der Waals surface area contributed by atoms with E-state index in [4.69, 9.17) is 4.74 Å². The lowest BCUT2D eigenvalue weighted by atomic mass is 10.4. The van der Waals surface area contributed by atoms with Gasteiger partial charge >= 0.3 is 5.69 Å². The van der Waals surface area contributed by atoms with E-state index in [0.29, 0.717) is 0 Å². The first-order valence-electron chi connectivity index (χ1n) is 4.13. The predicted octanol–water partition coefficient (Wildman–Crippen LogP) is 1.67. The SMILES string of the molecule is O=[N+]([O-])c1cncc(OC2CC2)c1F. The number of hydrogen-bond donors (Lipinski definition) is 0. The highest BCUT2D eigenvalue weighted by molar-refractivity contribution is 5.36. The summed E-state index contributed by atoms with van der Waals surface area (Å²) in [6, 6.07) is 0. The summed E-state index contributed by atoms with van der Waals surface area (Å²) >= 11 is 0. The molecule has 1 aromatic rings. The van der Waals surface area contributed by atoms with Crippen LogP contribution in [0.3, 0.4) is 0 Å². The number of aromatic nitrogens is 1. The molecule has 5 nitrogen and oxygen atoms in total. The Kier molecular flexibility index (Phi) is 2.03. The predicted molar refractivity (Wildman–Crippen MR) is 44.5 cm³/mol. The Bertz CT molecular complexity index is 379. The van der Waals surface area contributed by atoms with E-state index in [1.807, 2.05) is 0 Å². The maximum Gasteiger partial charge on any atom is 0.326 e. The van der Waals surface area contributed by atoms with Gasteiger partial charge in [-0.3, -0.25) is 15.1 Å². The van der Waals surface area contributed by atoms with Crippen LogP contribution in [0.2, 0.25) is 0 Å². The molecule has 74 valence electrons. The van der Waals surface area contributed by atoms with Crippen molar-refractivity contribution in [3.63, 3.8) is 0 Å². The molecule has 1 aromatic heterocycles. The summed E-state index contributed by atoms with van der Waals surface area (Å²) in [6.45, 7) is 0. The number of pyridine rings is 1. The van der Waals surface area contributed by atoms with Crippen molar-refractivity contribution >= 4 is 5.69 Å². The Hall–Kier alpha value is -1.72. The average molecular weight is 198 g/mol. The van der Waals surface area contributed by atoms with Gasteiger partial charge in [0.25, 0.3) is 0 Å². The number of hydrogen-bond acceptors (Lipinski definition) is 4. The summed E-state index contributed by atoms with van der Waals surface area (Å²) in [7, 11) is 0. The van der Waals surface area contributed by atoms with Crippen LogP contribution in [0.15, 0.2) is 12.4 Å². The first-order chi connectivity index (χ1) is 6.68. The molecule has 6 heteroatoms. The maximum absolute atomic E-state index is 13.3. The van der Waals surface area contributed by atoms with Crippen molar-refractivity contribution in [3.05, 3.63) is 28.3 Å². The van der Waals surface area contributed by atoms with Crippen LogP contribution in [-0.4, -0.2) is 16.0 Å². The van der Waals surface area contributed by atoms with Crippen LogP contribution in [0.4, 0.5) is 10.1 Å². The Morgan fingerprint density at radius 2 is 2.29 bits per heavy atom. The van der Waals surface area contributed by atoms with E-state index < -0.39 is 16.4 Å².